The molecule has 1 aromatic rings. The van der Waals surface area contributed by atoms with Gasteiger partial charge in [0.05, 0.1) is 11.7 Å². The number of carboxylic acids is 1. The standard InChI is InChI=1S/C17H22N2O6S/c20-15(11-26(24,25)14-3-1-2-4-14)19-13-7-5-12(6-8-13)17(23)18-10-9-16(21)22/h5-8,14H,1-4,9-11H2,(H,18,23)(H,19,20)(H,21,22). The minimum Gasteiger partial charge on any atom is -0.481 e. The molecule has 0 radical (unpaired) electrons. The van der Waals surface area contributed by atoms with Gasteiger partial charge in [-0.2, -0.15) is 0 Å². The number of amides is 2. The highest BCUT2D eigenvalue weighted by atomic mass is 32.2. The summed E-state index contributed by atoms with van der Waals surface area (Å²) in [5.74, 6) is -2.57. The van der Waals surface area contributed by atoms with Gasteiger partial charge in [0.2, 0.25) is 5.91 Å². The second-order valence-corrected chi connectivity index (χ2v) is 8.52. The van der Waals surface area contributed by atoms with Crippen molar-refractivity contribution in [2.75, 3.05) is 17.6 Å². The number of carboxylic acid groups (broad SMARTS) is 1. The zero-order valence-corrected chi connectivity index (χ0v) is 15.0. The molecule has 142 valence electrons. The average Bonchev–Trinajstić information content (AvgIpc) is 3.10. The Balaban J connectivity index is 1.87. The van der Waals surface area contributed by atoms with E-state index < -0.39 is 38.6 Å². The number of carbonyl (C=O) groups is 3. The largest absolute Gasteiger partial charge is 0.481 e. The van der Waals surface area contributed by atoms with Crippen LogP contribution >= 0.6 is 0 Å². The summed E-state index contributed by atoms with van der Waals surface area (Å²) in [4.78, 5) is 34.2. The Morgan fingerprint density at radius 1 is 1.08 bits per heavy atom. The molecule has 1 aromatic carbocycles. The summed E-state index contributed by atoms with van der Waals surface area (Å²) >= 11 is 0. The van der Waals surface area contributed by atoms with E-state index in [1.54, 1.807) is 0 Å². The van der Waals surface area contributed by atoms with E-state index in [0.717, 1.165) is 12.8 Å². The third-order valence-electron chi connectivity index (χ3n) is 4.20. The molecule has 1 aliphatic carbocycles. The molecule has 9 heteroatoms. The van der Waals surface area contributed by atoms with Crippen LogP contribution in [0.1, 0.15) is 42.5 Å². The maximum absolute atomic E-state index is 12.2. The SMILES string of the molecule is O=C(O)CCNC(=O)c1ccc(NC(=O)CS(=O)(=O)C2CCCC2)cc1. The van der Waals surface area contributed by atoms with Crippen LogP contribution in [0.15, 0.2) is 24.3 Å². The third-order valence-corrected chi connectivity index (χ3v) is 6.35. The summed E-state index contributed by atoms with van der Waals surface area (Å²) in [6.07, 6.45) is 2.81. The molecule has 0 aliphatic heterocycles. The quantitative estimate of drug-likeness (QED) is 0.619. The predicted molar refractivity (Wildman–Crippen MR) is 95.7 cm³/mol. The Labute approximate surface area is 151 Å². The molecule has 8 nitrogen and oxygen atoms in total. The maximum Gasteiger partial charge on any atom is 0.305 e. The van der Waals surface area contributed by atoms with E-state index in [-0.39, 0.29) is 13.0 Å². The van der Waals surface area contributed by atoms with E-state index in [1.165, 1.54) is 24.3 Å². The van der Waals surface area contributed by atoms with Crippen molar-refractivity contribution in [3.63, 3.8) is 0 Å². The van der Waals surface area contributed by atoms with Crippen LogP contribution in [0, 0.1) is 0 Å². The number of anilines is 1. The molecule has 0 atom stereocenters. The maximum atomic E-state index is 12.2. The van der Waals surface area contributed by atoms with Gasteiger partial charge in [0.15, 0.2) is 9.84 Å². The summed E-state index contributed by atoms with van der Waals surface area (Å²) in [6, 6.07) is 5.92. The van der Waals surface area contributed by atoms with Crippen LogP contribution in [0.25, 0.3) is 0 Å². The monoisotopic (exact) mass is 382 g/mol. The Morgan fingerprint density at radius 2 is 1.69 bits per heavy atom. The fourth-order valence-corrected chi connectivity index (χ4v) is 4.56. The summed E-state index contributed by atoms with van der Waals surface area (Å²) in [5, 5.41) is 13.1. The van der Waals surface area contributed by atoms with Crippen molar-refractivity contribution in [3.8, 4) is 0 Å². The van der Waals surface area contributed by atoms with Gasteiger partial charge in [0.25, 0.3) is 5.91 Å². The lowest BCUT2D eigenvalue weighted by atomic mass is 10.2. The van der Waals surface area contributed by atoms with Crippen molar-refractivity contribution in [1.82, 2.24) is 5.32 Å². The van der Waals surface area contributed by atoms with E-state index in [0.29, 0.717) is 24.1 Å². The molecule has 0 bridgehead atoms. The lowest BCUT2D eigenvalue weighted by molar-refractivity contribution is -0.136. The minimum atomic E-state index is -3.44. The second-order valence-electron chi connectivity index (χ2n) is 6.24. The Kier molecular flexibility index (Phi) is 6.73. The lowest BCUT2D eigenvalue weighted by Crippen LogP contribution is -2.29. The summed E-state index contributed by atoms with van der Waals surface area (Å²) in [5.41, 5.74) is 0.700. The molecule has 0 saturated heterocycles. The van der Waals surface area contributed by atoms with Crippen molar-refractivity contribution >= 4 is 33.3 Å². The molecule has 0 unspecified atom stereocenters. The molecule has 2 rings (SSSR count). The molecule has 1 saturated carbocycles. The molecule has 3 N–H and O–H groups in total. The molecule has 1 fully saturated rings. The number of nitrogens with one attached hydrogen (secondary N) is 2. The van der Waals surface area contributed by atoms with Gasteiger partial charge in [-0.1, -0.05) is 12.8 Å². The zero-order valence-electron chi connectivity index (χ0n) is 14.2. The highest BCUT2D eigenvalue weighted by Crippen LogP contribution is 2.25. The molecule has 0 heterocycles. The van der Waals surface area contributed by atoms with E-state index in [1.807, 2.05) is 0 Å². The van der Waals surface area contributed by atoms with Gasteiger partial charge in [-0.3, -0.25) is 14.4 Å². The first-order chi connectivity index (χ1) is 12.3. The smallest absolute Gasteiger partial charge is 0.305 e. The van der Waals surface area contributed by atoms with Crippen molar-refractivity contribution < 1.29 is 27.9 Å². The molecule has 1 aliphatic rings. The van der Waals surface area contributed by atoms with Gasteiger partial charge >= 0.3 is 5.97 Å². The topological polar surface area (TPSA) is 130 Å². The fourth-order valence-electron chi connectivity index (χ4n) is 2.84. The Morgan fingerprint density at radius 3 is 2.27 bits per heavy atom. The highest BCUT2D eigenvalue weighted by molar-refractivity contribution is 7.92. The van der Waals surface area contributed by atoms with Crippen molar-refractivity contribution in [1.29, 1.82) is 0 Å². The normalized spacial score (nSPS) is 14.8. The fraction of sp³-hybridized carbons (Fsp3) is 0.471. The number of carbonyl (C=O) groups excluding carboxylic acids is 2. The van der Waals surface area contributed by atoms with E-state index in [4.69, 9.17) is 5.11 Å². The highest BCUT2D eigenvalue weighted by Gasteiger charge is 2.30. The molecular formula is C17H22N2O6S. The van der Waals surface area contributed by atoms with E-state index in [2.05, 4.69) is 10.6 Å². The first kappa shape index (κ1) is 19.9. The van der Waals surface area contributed by atoms with Crippen LogP contribution in [0.2, 0.25) is 0 Å². The van der Waals surface area contributed by atoms with Crippen LogP contribution in [0.4, 0.5) is 5.69 Å². The number of benzene rings is 1. The second kappa shape index (κ2) is 8.79. The summed E-state index contributed by atoms with van der Waals surface area (Å²) < 4.78 is 24.3. The van der Waals surface area contributed by atoms with E-state index in [9.17, 15) is 22.8 Å². The first-order valence-corrected chi connectivity index (χ1v) is 10.1. The van der Waals surface area contributed by atoms with Crippen molar-refractivity contribution in [2.24, 2.45) is 0 Å². The van der Waals surface area contributed by atoms with Gasteiger partial charge < -0.3 is 15.7 Å². The van der Waals surface area contributed by atoms with Gasteiger partial charge in [-0.15, -0.1) is 0 Å². The molecule has 0 spiro atoms. The van der Waals surface area contributed by atoms with Crippen LogP contribution in [-0.2, 0) is 19.4 Å². The zero-order chi connectivity index (χ0) is 19.2. The molecule has 0 aromatic heterocycles. The third kappa shape index (κ3) is 5.83. The predicted octanol–water partition coefficient (Wildman–Crippen LogP) is 1.19. The Hall–Kier alpha value is -2.42. The van der Waals surface area contributed by atoms with Gasteiger partial charge in [-0.25, -0.2) is 8.42 Å². The first-order valence-electron chi connectivity index (χ1n) is 8.39. The van der Waals surface area contributed by atoms with Crippen LogP contribution < -0.4 is 10.6 Å². The number of sulfone groups is 1. The lowest BCUT2D eigenvalue weighted by Gasteiger charge is -2.11. The van der Waals surface area contributed by atoms with Gasteiger partial charge in [0.1, 0.15) is 5.75 Å². The number of aliphatic carboxylic acids is 1. The Bertz CT molecular complexity index is 767. The van der Waals surface area contributed by atoms with Gasteiger partial charge in [0, 0.05) is 17.8 Å². The molecule has 26 heavy (non-hydrogen) atoms. The number of rotatable bonds is 8. The minimum absolute atomic E-state index is 0.0195. The summed E-state index contributed by atoms with van der Waals surface area (Å²) in [6.45, 7) is 0.0195. The number of hydrogen-bond donors (Lipinski definition) is 3. The van der Waals surface area contributed by atoms with Crippen molar-refractivity contribution in [3.05, 3.63) is 29.8 Å². The van der Waals surface area contributed by atoms with Crippen LogP contribution in [0.5, 0.6) is 0 Å². The van der Waals surface area contributed by atoms with E-state index >= 15 is 0 Å². The summed E-state index contributed by atoms with van der Waals surface area (Å²) in [7, 11) is -3.44. The van der Waals surface area contributed by atoms with Crippen LogP contribution in [0.3, 0.4) is 0 Å². The average molecular weight is 382 g/mol. The van der Waals surface area contributed by atoms with Crippen LogP contribution in [-0.4, -0.2) is 48.9 Å². The van der Waals surface area contributed by atoms with Crippen molar-refractivity contribution in [2.45, 2.75) is 37.4 Å². The molecular weight excluding hydrogens is 360 g/mol. The van der Waals surface area contributed by atoms with Gasteiger partial charge in [-0.05, 0) is 37.1 Å². The number of hydrogen-bond acceptors (Lipinski definition) is 5. The molecule has 2 amide bonds.